The van der Waals surface area contributed by atoms with Gasteiger partial charge < -0.3 is 0 Å². The molecule has 0 N–H and O–H groups in total. The summed E-state index contributed by atoms with van der Waals surface area (Å²) in [5.74, 6) is 0.134. The first-order valence-electron chi connectivity index (χ1n) is 4.76. The van der Waals surface area contributed by atoms with E-state index in [2.05, 4.69) is 0 Å². The lowest BCUT2D eigenvalue weighted by atomic mass is 10.3. The Morgan fingerprint density at radius 2 is 2.00 bits per heavy atom. The van der Waals surface area contributed by atoms with E-state index in [4.69, 9.17) is 11.6 Å². The van der Waals surface area contributed by atoms with Gasteiger partial charge >= 0.3 is 6.18 Å². The highest BCUT2D eigenvalue weighted by molar-refractivity contribution is 7.91. The van der Waals surface area contributed by atoms with Crippen molar-refractivity contribution in [1.82, 2.24) is 4.31 Å². The van der Waals surface area contributed by atoms with Crippen LogP contribution < -0.4 is 0 Å². The maximum Gasteiger partial charge on any atom is 0.402 e. The molecule has 0 unspecified atom stereocenters. The summed E-state index contributed by atoms with van der Waals surface area (Å²) in [6.45, 7) is 0.152. The predicted octanol–water partition coefficient (Wildman–Crippen LogP) is 2.98. The summed E-state index contributed by atoms with van der Waals surface area (Å²) in [6, 6.07) is 1.34. The molecule has 0 aliphatic rings. The van der Waals surface area contributed by atoms with E-state index in [-0.39, 0.29) is 14.4 Å². The van der Waals surface area contributed by atoms with Gasteiger partial charge in [-0.15, -0.1) is 22.9 Å². The molecule has 0 aliphatic carbocycles. The molecule has 0 aliphatic heterocycles. The summed E-state index contributed by atoms with van der Waals surface area (Å²) in [5.41, 5.74) is 0.661. The van der Waals surface area contributed by atoms with Gasteiger partial charge in [0.1, 0.15) is 10.8 Å². The average Bonchev–Trinajstić information content (AvgIpc) is 2.57. The van der Waals surface area contributed by atoms with Gasteiger partial charge in [0.25, 0.3) is 10.0 Å². The second kappa shape index (κ2) is 5.36. The lowest BCUT2D eigenvalue weighted by Crippen LogP contribution is -2.35. The summed E-state index contributed by atoms with van der Waals surface area (Å²) in [7, 11) is -3.21. The van der Waals surface area contributed by atoms with Gasteiger partial charge in [-0.25, -0.2) is 8.42 Å². The summed E-state index contributed by atoms with van der Waals surface area (Å²) < 4.78 is 60.5. The molecule has 1 rings (SSSR count). The second-order valence-corrected chi connectivity index (χ2v) is 7.36. The Morgan fingerprint density at radius 1 is 1.44 bits per heavy atom. The SMILES string of the molecule is Cc1cc(S(=O)(=O)N(C)CC(F)(F)F)sc1CCl. The molecule has 0 saturated carbocycles. The van der Waals surface area contributed by atoms with E-state index in [1.807, 2.05) is 0 Å². The van der Waals surface area contributed by atoms with Crippen LogP contribution >= 0.6 is 22.9 Å². The number of hydrogen-bond acceptors (Lipinski definition) is 3. The minimum absolute atomic E-state index is 0.123. The van der Waals surface area contributed by atoms with Crippen molar-refractivity contribution in [2.24, 2.45) is 0 Å². The molecule has 1 aromatic heterocycles. The lowest BCUT2D eigenvalue weighted by Gasteiger charge is -2.17. The van der Waals surface area contributed by atoms with E-state index in [1.54, 1.807) is 6.92 Å². The van der Waals surface area contributed by atoms with Gasteiger partial charge in [0.15, 0.2) is 0 Å². The van der Waals surface area contributed by atoms with Gasteiger partial charge in [-0.3, -0.25) is 0 Å². The van der Waals surface area contributed by atoms with Crippen molar-refractivity contribution in [3.8, 4) is 0 Å². The van der Waals surface area contributed by atoms with Crippen LogP contribution in [0.2, 0.25) is 0 Å². The molecular formula is C9H11ClF3NO2S2. The molecule has 0 aromatic carbocycles. The standard InChI is InChI=1S/C9H11ClF3NO2S2/c1-6-3-8(17-7(6)4-10)18(15,16)14(2)5-9(11,12)13/h3H,4-5H2,1-2H3. The van der Waals surface area contributed by atoms with Crippen LogP contribution in [0.3, 0.4) is 0 Å². The van der Waals surface area contributed by atoms with E-state index in [0.29, 0.717) is 10.4 Å². The highest BCUT2D eigenvalue weighted by Crippen LogP contribution is 2.30. The molecule has 9 heteroatoms. The van der Waals surface area contributed by atoms with Crippen molar-refractivity contribution in [1.29, 1.82) is 0 Å². The molecule has 18 heavy (non-hydrogen) atoms. The van der Waals surface area contributed by atoms with Crippen molar-refractivity contribution < 1.29 is 21.6 Å². The average molecular weight is 322 g/mol. The normalized spacial score (nSPS) is 13.3. The third-order valence-corrected chi connectivity index (χ3v) is 6.10. The van der Waals surface area contributed by atoms with Crippen LogP contribution in [-0.2, 0) is 15.9 Å². The van der Waals surface area contributed by atoms with Crippen LogP contribution in [0.15, 0.2) is 10.3 Å². The first kappa shape index (κ1) is 15.7. The highest BCUT2D eigenvalue weighted by Gasteiger charge is 2.35. The number of thiophene rings is 1. The van der Waals surface area contributed by atoms with E-state index < -0.39 is 22.7 Å². The molecule has 104 valence electrons. The molecule has 0 fully saturated rings. The molecule has 0 bridgehead atoms. The summed E-state index contributed by atoms with van der Waals surface area (Å²) in [5, 5.41) is 0. The third-order valence-electron chi connectivity index (χ3n) is 2.19. The Kier molecular flexibility index (Phi) is 4.69. The van der Waals surface area contributed by atoms with Crippen LogP contribution in [0.5, 0.6) is 0 Å². The van der Waals surface area contributed by atoms with Gasteiger partial charge in [0, 0.05) is 11.9 Å². The van der Waals surface area contributed by atoms with Gasteiger partial charge in [-0.2, -0.15) is 17.5 Å². The van der Waals surface area contributed by atoms with Crippen molar-refractivity contribution in [3.05, 3.63) is 16.5 Å². The van der Waals surface area contributed by atoms with Crippen LogP contribution in [0.4, 0.5) is 13.2 Å². The molecule has 0 radical (unpaired) electrons. The predicted molar refractivity (Wildman–Crippen MR) is 64.5 cm³/mol. The summed E-state index contributed by atoms with van der Waals surface area (Å²) in [4.78, 5) is 0.635. The second-order valence-electron chi connectivity index (χ2n) is 3.68. The first-order chi connectivity index (χ1) is 8.08. The molecule has 1 aromatic rings. The maximum absolute atomic E-state index is 12.2. The van der Waals surface area contributed by atoms with Gasteiger partial charge in [0.2, 0.25) is 0 Å². The van der Waals surface area contributed by atoms with Crippen molar-refractivity contribution in [2.75, 3.05) is 13.6 Å². The zero-order chi connectivity index (χ0) is 14.1. The fraction of sp³-hybridized carbons (Fsp3) is 0.556. The highest BCUT2D eigenvalue weighted by atomic mass is 35.5. The Labute approximate surface area is 112 Å². The van der Waals surface area contributed by atoms with Crippen LogP contribution in [-0.4, -0.2) is 32.5 Å². The van der Waals surface area contributed by atoms with Gasteiger partial charge in [-0.1, -0.05) is 0 Å². The zero-order valence-corrected chi connectivity index (χ0v) is 12.0. The first-order valence-corrected chi connectivity index (χ1v) is 7.55. The number of alkyl halides is 4. The van der Waals surface area contributed by atoms with E-state index in [0.717, 1.165) is 18.4 Å². The summed E-state index contributed by atoms with van der Waals surface area (Å²) >= 11 is 6.50. The Balaban J connectivity index is 3.05. The number of aryl methyl sites for hydroxylation is 1. The molecule has 0 saturated heterocycles. The number of halogens is 4. The molecular weight excluding hydrogens is 311 g/mol. The largest absolute Gasteiger partial charge is 0.402 e. The van der Waals surface area contributed by atoms with E-state index in [1.165, 1.54) is 6.07 Å². The van der Waals surface area contributed by atoms with E-state index in [9.17, 15) is 21.6 Å². The van der Waals surface area contributed by atoms with Crippen molar-refractivity contribution in [2.45, 2.75) is 23.2 Å². The topological polar surface area (TPSA) is 37.4 Å². The molecule has 1 heterocycles. The monoisotopic (exact) mass is 321 g/mol. The lowest BCUT2D eigenvalue weighted by molar-refractivity contribution is -0.134. The smallest absolute Gasteiger partial charge is 0.206 e. The minimum atomic E-state index is -4.57. The number of sulfonamides is 1. The Bertz CT molecular complexity index is 524. The summed E-state index contributed by atoms with van der Waals surface area (Å²) in [6.07, 6.45) is -4.57. The number of hydrogen-bond donors (Lipinski definition) is 0. The zero-order valence-electron chi connectivity index (χ0n) is 9.58. The quantitative estimate of drug-likeness (QED) is 0.800. The van der Waals surface area contributed by atoms with Gasteiger partial charge in [0.05, 0.1) is 5.88 Å². The fourth-order valence-corrected chi connectivity index (χ4v) is 4.42. The van der Waals surface area contributed by atoms with E-state index >= 15 is 0 Å². The fourth-order valence-electron chi connectivity index (χ4n) is 1.24. The third kappa shape index (κ3) is 3.59. The minimum Gasteiger partial charge on any atom is -0.206 e. The van der Waals surface area contributed by atoms with Crippen LogP contribution in [0.25, 0.3) is 0 Å². The Morgan fingerprint density at radius 3 is 2.39 bits per heavy atom. The molecule has 3 nitrogen and oxygen atoms in total. The molecule has 0 atom stereocenters. The number of nitrogens with zero attached hydrogens (tertiary/aromatic N) is 1. The van der Waals surface area contributed by atoms with Crippen LogP contribution in [0.1, 0.15) is 10.4 Å². The van der Waals surface area contributed by atoms with Crippen LogP contribution in [0, 0.1) is 6.92 Å². The molecule has 0 amide bonds. The van der Waals surface area contributed by atoms with Gasteiger partial charge in [-0.05, 0) is 18.6 Å². The maximum atomic E-state index is 12.2. The van der Waals surface area contributed by atoms with Crippen molar-refractivity contribution in [3.63, 3.8) is 0 Å². The van der Waals surface area contributed by atoms with Crippen molar-refractivity contribution >= 4 is 33.0 Å². The molecule has 0 spiro atoms. The number of rotatable bonds is 4. The Hall–Kier alpha value is -0.310.